The first kappa shape index (κ1) is 22.1. The molecule has 0 aliphatic heterocycles. The first-order chi connectivity index (χ1) is 12.0. The molecule has 8 heteroatoms. The number of aryl methyl sites for hydroxylation is 1. The van der Waals surface area contributed by atoms with Gasteiger partial charge in [0, 0.05) is 18.7 Å². The topological polar surface area (TPSA) is 104 Å². The number of carboxylic acids is 1. The summed E-state index contributed by atoms with van der Waals surface area (Å²) in [4.78, 5) is 23.8. The highest BCUT2D eigenvalue weighted by Gasteiger charge is 2.26. The quantitative estimate of drug-likeness (QED) is 0.680. The molecule has 146 valence electrons. The lowest BCUT2D eigenvalue weighted by molar-refractivity contribution is -0.139. The Bertz CT molecular complexity index is 755. The van der Waals surface area contributed by atoms with E-state index < -0.39 is 27.9 Å². The monoisotopic (exact) mass is 384 g/mol. The summed E-state index contributed by atoms with van der Waals surface area (Å²) >= 11 is 0. The van der Waals surface area contributed by atoms with E-state index in [4.69, 9.17) is 0 Å². The highest BCUT2D eigenvalue weighted by atomic mass is 32.2. The van der Waals surface area contributed by atoms with Gasteiger partial charge in [-0.15, -0.1) is 0 Å². The molecule has 26 heavy (non-hydrogen) atoms. The third-order valence-electron chi connectivity index (χ3n) is 4.08. The zero-order valence-corrected chi connectivity index (χ0v) is 16.8. The van der Waals surface area contributed by atoms with Crippen molar-refractivity contribution in [1.29, 1.82) is 0 Å². The number of hydrogen-bond donors (Lipinski definition) is 2. The molecule has 1 aromatic carbocycles. The number of benzene rings is 1. The lowest BCUT2D eigenvalue weighted by atomic mass is 10.0. The molecule has 0 spiro atoms. The van der Waals surface area contributed by atoms with Crippen LogP contribution in [-0.4, -0.2) is 48.8 Å². The van der Waals surface area contributed by atoms with Gasteiger partial charge in [-0.25, -0.2) is 13.2 Å². The normalized spacial score (nSPS) is 13.0. The molecule has 0 aliphatic carbocycles. The number of carbonyl (C=O) groups excluding carboxylic acids is 1. The second-order valence-corrected chi connectivity index (χ2v) is 8.47. The Labute approximate surface area is 155 Å². The Morgan fingerprint density at radius 1 is 1.19 bits per heavy atom. The number of nitrogens with one attached hydrogen (secondary N) is 1. The van der Waals surface area contributed by atoms with Gasteiger partial charge in [0.25, 0.3) is 5.91 Å². The number of nitrogens with zero attached hydrogens (tertiary/aromatic N) is 1. The molecule has 1 atom stereocenters. The van der Waals surface area contributed by atoms with Crippen LogP contribution in [0.4, 0.5) is 0 Å². The van der Waals surface area contributed by atoms with Crippen LogP contribution in [0.2, 0.25) is 0 Å². The van der Waals surface area contributed by atoms with Crippen molar-refractivity contribution < 1.29 is 23.1 Å². The van der Waals surface area contributed by atoms with Gasteiger partial charge in [0.15, 0.2) is 0 Å². The van der Waals surface area contributed by atoms with Crippen LogP contribution >= 0.6 is 0 Å². The summed E-state index contributed by atoms with van der Waals surface area (Å²) in [5, 5.41) is 11.7. The number of amides is 1. The van der Waals surface area contributed by atoms with E-state index in [9.17, 15) is 23.1 Å². The van der Waals surface area contributed by atoms with Crippen LogP contribution in [0.3, 0.4) is 0 Å². The van der Waals surface area contributed by atoms with Crippen molar-refractivity contribution >= 4 is 21.9 Å². The van der Waals surface area contributed by atoms with E-state index in [0.717, 1.165) is 0 Å². The van der Waals surface area contributed by atoms with Crippen molar-refractivity contribution in [3.8, 4) is 0 Å². The highest BCUT2D eigenvalue weighted by molar-refractivity contribution is 7.89. The maximum atomic E-state index is 12.8. The predicted molar refractivity (Wildman–Crippen MR) is 99.6 cm³/mol. The Balaban J connectivity index is 3.20. The fraction of sp³-hybridized carbons (Fsp3) is 0.556. The van der Waals surface area contributed by atoms with E-state index in [-0.39, 0.29) is 22.8 Å². The molecule has 1 amide bonds. The lowest BCUT2D eigenvalue weighted by Gasteiger charge is -2.21. The van der Waals surface area contributed by atoms with Gasteiger partial charge < -0.3 is 10.4 Å². The van der Waals surface area contributed by atoms with Crippen LogP contribution in [-0.2, 0) is 14.8 Å². The SMILES string of the molecule is CCN(CC)S(=O)(=O)c1cc(C(=O)NC(CC(C)C)C(=O)O)ccc1C. The molecule has 1 aromatic rings. The zero-order valence-electron chi connectivity index (χ0n) is 15.9. The molecule has 0 radical (unpaired) electrons. The van der Waals surface area contributed by atoms with Gasteiger partial charge in [-0.3, -0.25) is 4.79 Å². The Kier molecular flexibility index (Phi) is 7.77. The van der Waals surface area contributed by atoms with Gasteiger partial charge in [-0.1, -0.05) is 33.8 Å². The van der Waals surface area contributed by atoms with Crippen LogP contribution in [0.25, 0.3) is 0 Å². The van der Waals surface area contributed by atoms with Gasteiger partial charge in [-0.2, -0.15) is 4.31 Å². The minimum Gasteiger partial charge on any atom is -0.480 e. The van der Waals surface area contributed by atoms with Crippen molar-refractivity contribution in [1.82, 2.24) is 9.62 Å². The number of carbonyl (C=O) groups is 2. The van der Waals surface area contributed by atoms with Crippen molar-refractivity contribution in [2.24, 2.45) is 5.92 Å². The fourth-order valence-corrected chi connectivity index (χ4v) is 4.37. The van der Waals surface area contributed by atoms with Crippen molar-refractivity contribution in [3.05, 3.63) is 29.3 Å². The summed E-state index contributed by atoms with van der Waals surface area (Å²) in [5.41, 5.74) is 0.654. The van der Waals surface area contributed by atoms with Gasteiger partial charge in [0.05, 0.1) is 4.90 Å². The summed E-state index contributed by atoms with van der Waals surface area (Å²) < 4.78 is 26.8. The van der Waals surface area contributed by atoms with Crippen molar-refractivity contribution in [2.45, 2.75) is 52.0 Å². The standard InChI is InChI=1S/C18H28N2O5S/c1-6-20(7-2)26(24,25)16-11-14(9-8-13(16)5)17(21)19-15(18(22)23)10-12(3)4/h8-9,11-12,15H,6-7,10H2,1-5H3,(H,19,21)(H,22,23). The van der Waals surface area contributed by atoms with Gasteiger partial charge in [0.1, 0.15) is 6.04 Å². The summed E-state index contributed by atoms with van der Waals surface area (Å²) in [6.45, 7) is 9.53. The third-order valence-corrected chi connectivity index (χ3v) is 6.28. The lowest BCUT2D eigenvalue weighted by Crippen LogP contribution is -2.41. The predicted octanol–water partition coefficient (Wildman–Crippen LogP) is 2.25. The molecule has 0 heterocycles. The van der Waals surface area contributed by atoms with Gasteiger partial charge >= 0.3 is 5.97 Å². The molecular weight excluding hydrogens is 356 g/mol. The molecule has 1 rings (SSSR count). The molecule has 0 fully saturated rings. The summed E-state index contributed by atoms with van der Waals surface area (Å²) in [5.74, 6) is -1.63. The van der Waals surface area contributed by atoms with E-state index in [1.807, 2.05) is 13.8 Å². The van der Waals surface area contributed by atoms with Crippen LogP contribution in [0.5, 0.6) is 0 Å². The van der Waals surface area contributed by atoms with Crippen LogP contribution in [0, 0.1) is 12.8 Å². The first-order valence-electron chi connectivity index (χ1n) is 8.69. The Morgan fingerprint density at radius 2 is 1.77 bits per heavy atom. The number of carboxylic acid groups (broad SMARTS) is 1. The third kappa shape index (κ3) is 5.28. The maximum absolute atomic E-state index is 12.8. The van der Waals surface area contributed by atoms with E-state index >= 15 is 0 Å². The number of sulfonamides is 1. The molecular formula is C18H28N2O5S. The number of rotatable bonds is 9. The number of hydrogen-bond acceptors (Lipinski definition) is 4. The van der Waals surface area contributed by atoms with E-state index in [1.165, 1.54) is 16.4 Å². The van der Waals surface area contributed by atoms with Crippen molar-refractivity contribution in [3.63, 3.8) is 0 Å². The highest BCUT2D eigenvalue weighted by Crippen LogP contribution is 2.21. The van der Waals surface area contributed by atoms with Crippen LogP contribution in [0.1, 0.15) is 50.0 Å². The van der Waals surface area contributed by atoms with E-state index in [2.05, 4.69) is 5.32 Å². The van der Waals surface area contributed by atoms with E-state index in [1.54, 1.807) is 26.8 Å². The minimum absolute atomic E-state index is 0.0598. The maximum Gasteiger partial charge on any atom is 0.326 e. The smallest absolute Gasteiger partial charge is 0.326 e. The molecule has 0 bridgehead atoms. The molecule has 0 saturated heterocycles. The average molecular weight is 384 g/mol. The second kappa shape index (κ2) is 9.14. The van der Waals surface area contributed by atoms with Crippen molar-refractivity contribution in [2.75, 3.05) is 13.1 Å². The first-order valence-corrected chi connectivity index (χ1v) is 10.1. The molecule has 1 unspecified atom stereocenters. The molecule has 7 nitrogen and oxygen atoms in total. The molecule has 0 saturated carbocycles. The molecule has 0 aliphatic rings. The van der Waals surface area contributed by atoms with Crippen LogP contribution < -0.4 is 5.32 Å². The van der Waals surface area contributed by atoms with E-state index in [0.29, 0.717) is 18.7 Å². The summed E-state index contributed by atoms with van der Waals surface area (Å²) in [6, 6.07) is 3.35. The number of aliphatic carboxylic acids is 1. The zero-order chi connectivity index (χ0) is 20.1. The molecule has 2 N–H and O–H groups in total. The summed E-state index contributed by atoms with van der Waals surface area (Å²) in [6.07, 6.45) is 0.289. The summed E-state index contributed by atoms with van der Waals surface area (Å²) in [7, 11) is -3.71. The average Bonchev–Trinajstić information content (AvgIpc) is 2.54. The Hall–Kier alpha value is -1.93. The molecule has 0 aromatic heterocycles. The fourth-order valence-electron chi connectivity index (χ4n) is 2.66. The van der Waals surface area contributed by atoms with Gasteiger partial charge in [0.2, 0.25) is 10.0 Å². The largest absolute Gasteiger partial charge is 0.480 e. The second-order valence-electron chi connectivity index (χ2n) is 6.56. The minimum atomic E-state index is -3.71. The van der Waals surface area contributed by atoms with Gasteiger partial charge in [-0.05, 0) is 37.0 Å². The van der Waals surface area contributed by atoms with Crippen LogP contribution in [0.15, 0.2) is 23.1 Å². The Morgan fingerprint density at radius 3 is 2.23 bits per heavy atom.